The van der Waals surface area contributed by atoms with Gasteiger partial charge in [-0.2, -0.15) is 11.8 Å². The highest BCUT2D eigenvalue weighted by atomic mass is 32.2. The normalized spacial score (nSPS) is 21.7. The molecule has 0 aromatic heterocycles. The van der Waals surface area contributed by atoms with Crippen molar-refractivity contribution in [3.63, 3.8) is 0 Å². The first-order chi connectivity index (χ1) is 4.08. The van der Waals surface area contributed by atoms with Crippen LogP contribution in [0.15, 0.2) is 0 Å². The van der Waals surface area contributed by atoms with Gasteiger partial charge in [0.2, 0.25) is 0 Å². The van der Waals surface area contributed by atoms with Gasteiger partial charge in [0.05, 0.1) is 0 Å². The highest BCUT2D eigenvalue weighted by Crippen LogP contribution is 2.34. The molecule has 1 heteroatoms. The van der Waals surface area contributed by atoms with Gasteiger partial charge in [0.25, 0.3) is 0 Å². The van der Waals surface area contributed by atoms with Crippen molar-refractivity contribution in [1.82, 2.24) is 0 Å². The van der Waals surface area contributed by atoms with E-state index < -0.39 is 0 Å². The Hall–Kier alpha value is 0.350. The zero-order valence-corrected chi connectivity index (χ0v) is 7.42. The second kappa shape index (κ2) is 2.53. The lowest BCUT2D eigenvalue weighted by Gasteiger charge is -2.31. The Morgan fingerprint density at radius 3 is 2.00 bits per heavy atom. The Kier molecular flexibility index (Phi) is 2.10. The molecule has 0 unspecified atom stereocenters. The van der Waals surface area contributed by atoms with Crippen LogP contribution in [-0.4, -0.2) is 11.5 Å². The lowest BCUT2D eigenvalue weighted by Crippen LogP contribution is -2.23. The lowest BCUT2D eigenvalue weighted by atomic mass is 9.86. The molecular weight excluding hydrogens is 128 g/mol. The number of hydrogen-bond donors (Lipinski definition) is 0. The van der Waals surface area contributed by atoms with Gasteiger partial charge in [0, 0.05) is 0 Å². The molecule has 1 heterocycles. The van der Waals surface area contributed by atoms with E-state index in [-0.39, 0.29) is 0 Å². The van der Waals surface area contributed by atoms with Gasteiger partial charge in [0.15, 0.2) is 0 Å². The van der Waals surface area contributed by atoms with Crippen LogP contribution in [-0.2, 0) is 0 Å². The summed E-state index contributed by atoms with van der Waals surface area (Å²) in [5.41, 5.74) is 0.561. The average molecular weight is 144 g/mol. The fourth-order valence-electron chi connectivity index (χ4n) is 1.27. The van der Waals surface area contributed by atoms with Crippen LogP contribution in [0.5, 0.6) is 0 Å². The molecule has 0 amide bonds. The van der Waals surface area contributed by atoms with Crippen molar-refractivity contribution in [3.8, 4) is 0 Å². The van der Waals surface area contributed by atoms with Gasteiger partial charge in [-0.05, 0) is 29.3 Å². The minimum atomic E-state index is 0.561. The molecule has 0 N–H and O–H groups in total. The molecule has 0 radical (unpaired) electrons. The largest absolute Gasteiger partial charge is 0.161 e. The van der Waals surface area contributed by atoms with Crippen LogP contribution >= 0.6 is 11.8 Å². The smallest absolute Gasteiger partial charge is 0.00309 e. The Balaban J connectivity index is 2.16. The molecule has 1 fully saturated rings. The van der Waals surface area contributed by atoms with Crippen molar-refractivity contribution in [2.45, 2.75) is 27.2 Å². The van der Waals surface area contributed by atoms with E-state index in [2.05, 4.69) is 32.5 Å². The zero-order chi connectivity index (χ0) is 6.91. The summed E-state index contributed by atoms with van der Waals surface area (Å²) in [6.07, 6.45) is 1.42. The molecule has 0 atom stereocenters. The van der Waals surface area contributed by atoms with Gasteiger partial charge in [0.1, 0.15) is 0 Å². The van der Waals surface area contributed by atoms with Crippen LogP contribution in [0, 0.1) is 11.3 Å². The standard InChI is InChI=1S/C8H16S/c1-8(2,3)4-7-5-9-6-7/h7H,4-6H2,1-3H3. The molecule has 1 aliphatic rings. The van der Waals surface area contributed by atoms with Crippen LogP contribution in [0.25, 0.3) is 0 Å². The molecule has 0 aromatic carbocycles. The molecule has 1 aliphatic heterocycles. The van der Waals surface area contributed by atoms with Crippen molar-refractivity contribution in [1.29, 1.82) is 0 Å². The van der Waals surface area contributed by atoms with Crippen molar-refractivity contribution in [2.75, 3.05) is 11.5 Å². The molecule has 0 aliphatic carbocycles. The fourth-order valence-corrected chi connectivity index (χ4v) is 2.07. The Bertz CT molecular complexity index is 87.2. The van der Waals surface area contributed by atoms with Gasteiger partial charge >= 0.3 is 0 Å². The third-order valence-corrected chi connectivity index (χ3v) is 3.02. The average Bonchev–Trinajstić information content (AvgIpc) is 1.53. The van der Waals surface area contributed by atoms with Gasteiger partial charge in [-0.1, -0.05) is 20.8 Å². The maximum atomic E-state index is 2.33. The van der Waals surface area contributed by atoms with Crippen LogP contribution in [0.3, 0.4) is 0 Å². The summed E-state index contributed by atoms with van der Waals surface area (Å²) in [5.74, 6) is 3.86. The van der Waals surface area contributed by atoms with Crippen molar-refractivity contribution >= 4 is 11.8 Å². The Labute approximate surface area is 62.4 Å². The first-order valence-corrected chi connectivity index (χ1v) is 4.81. The molecule has 0 spiro atoms. The van der Waals surface area contributed by atoms with Crippen LogP contribution < -0.4 is 0 Å². The lowest BCUT2D eigenvalue weighted by molar-refractivity contribution is 0.319. The van der Waals surface area contributed by atoms with Gasteiger partial charge in [-0.15, -0.1) is 0 Å². The Morgan fingerprint density at radius 1 is 1.33 bits per heavy atom. The Morgan fingerprint density at radius 2 is 1.89 bits per heavy atom. The second-order valence-electron chi connectivity index (χ2n) is 4.17. The highest BCUT2D eigenvalue weighted by Gasteiger charge is 2.23. The molecule has 9 heavy (non-hydrogen) atoms. The summed E-state index contributed by atoms with van der Waals surface area (Å²) in [5, 5.41) is 0. The maximum Gasteiger partial charge on any atom is -0.00309 e. The SMILES string of the molecule is CC(C)(C)CC1CSC1. The monoisotopic (exact) mass is 144 g/mol. The first-order valence-electron chi connectivity index (χ1n) is 3.66. The van der Waals surface area contributed by atoms with Crippen molar-refractivity contribution in [2.24, 2.45) is 11.3 Å². The summed E-state index contributed by atoms with van der Waals surface area (Å²) in [6, 6.07) is 0. The summed E-state index contributed by atoms with van der Waals surface area (Å²) >= 11 is 2.09. The molecular formula is C8H16S. The number of rotatable bonds is 1. The minimum absolute atomic E-state index is 0.561. The molecule has 54 valence electrons. The molecule has 0 saturated carbocycles. The summed E-state index contributed by atoms with van der Waals surface area (Å²) in [6.45, 7) is 6.99. The summed E-state index contributed by atoms with van der Waals surface area (Å²) < 4.78 is 0. The van der Waals surface area contributed by atoms with Crippen LogP contribution in [0.4, 0.5) is 0 Å². The third-order valence-electron chi connectivity index (χ3n) is 1.61. The van der Waals surface area contributed by atoms with E-state index in [1.54, 1.807) is 0 Å². The summed E-state index contributed by atoms with van der Waals surface area (Å²) in [7, 11) is 0. The fraction of sp³-hybridized carbons (Fsp3) is 1.00. The van der Waals surface area contributed by atoms with Crippen LogP contribution in [0.1, 0.15) is 27.2 Å². The quantitative estimate of drug-likeness (QED) is 0.545. The molecule has 0 bridgehead atoms. The molecule has 1 saturated heterocycles. The first kappa shape index (κ1) is 7.46. The van der Waals surface area contributed by atoms with Gasteiger partial charge in [-0.25, -0.2) is 0 Å². The van der Waals surface area contributed by atoms with Crippen molar-refractivity contribution < 1.29 is 0 Å². The van der Waals surface area contributed by atoms with E-state index in [1.165, 1.54) is 17.9 Å². The van der Waals surface area contributed by atoms with E-state index in [0.29, 0.717) is 5.41 Å². The van der Waals surface area contributed by atoms with E-state index in [4.69, 9.17) is 0 Å². The maximum absolute atomic E-state index is 2.33. The van der Waals surface area contributed by atoms with Crippen LogP contribution in [0.2, 0.25) is 0 Å². The molecule has 1 rings (SSSR count). The highest BCUT2D eigenvalue weighted by molar-refractivity contribution is 8.00. The molecule has 0 aromatic rings. The topological polar surface area (TPSA) is 0 Å². The number of hydrogen-bond acceptors (Lipinski definition) is 1. The van der Waals surface area contributed by atoms with E-state index in [1.807, 2.05) is 0 Å². The second-order valence-corrected chi connectivity index (χ2v) is 5.24. The summed E-state index contributed by atoms with van der Waals surface area (Å²) in [4.78, 5) is 0. The van der Waals surface area contributed by atoms with E-state index in [0.717, 1.165) is 5.92 Å². The predicted octanol–water partition coefficient (Wildman–Crippen LogP) is 2.79. The third kappa shape index (κ3) is 2.61. The van der Waals surface area contributed by atoms with Crippen molar-refractivity contribution in [3.05, 3.63) is 0 Å². The van der Waals surface area contributed by atoms with E-state index >= 15 is 0 Å². The minimum Gasteiger partial charge on any atom is -0.161 e. The zero-order valence-electron chi connectivity index (χ0n) is 6.61. The number of thioether (sulfide) groups is 1. The van der Waals surface area contributed by atoms with Gasteiger partial charge < -0.3 is 0 Å². The van der Waals surface area contributed by atoms with E-state index in [9.17, 15) is 0 Å². The molecule has 0 nitrogen and oxygen atoms in total. The predicted molar refractivity (Wildman–Crippen MR) is 44.9 cm³/mol. The van der Waals surface area contributed by atoms with Gasteiger partial charge in [-0.3, -0.25) is 0 Å².